The number of hydrogen-bond acceptors (Lipinski definition) is 3. The lowest BCUT2D eigenvalue weighted by atomic mass is 10.1. The molecule has 146 valence electrons. The molecule has 4 rings (SSSR count). The first-order valence-corrected chi connectivity index (χ1v) is 9.29. The molecular formula is C23H20FN3O2. The molecule has 0 spiro atoms. The second-order valence-corrected chi connectivity index (χ2v) is 6.80. The van der Waals surface area contributed by atoms with E-state index in [9.17, 15) is 9.18 Å². The highest BCUT2D eigenvalue weighted by atomic mass is 19.1. The van der Waals surface area contributed by atoms with Gasteiger partial charge >= 0.3 is 0 Å². The number of nitrogens with one attached hydrogen (secondary N) is 1. The fourth-order valence-electron chi connectivity index (χ4n) is 3.25. The van der Waals surface area contributed by atoms with E-state index in [0.717, 1.165) is 16.9 Å². The van der Waals surface area contributed by atoms with Crippen LogP contribution in [0.4, 0.5) is 4.39 Å². The summed E-state index contributed by atoms with van der Waals surface area (Å²) in [6.07, 6.45) is 1.76. The van der Waals surface area contributed by atoms with E-state index in [1.807, 2.05) is 48.9 Å². The first kappa shape index (κ1) is 18.7. The van der Waals surface area contributed by atoms with E-state index in [2.05, 4.69) is 10.4 Å². The quantitative estimate of drug-likeness (QED) is 0.518. The minimum Gasteiger partial charge on any atom is -0.451 e. The Hall–Kier alpha value is -3.67. The largest absolute Gasteiger partial charge is 0.451 e. The fraction of sp³-hybridized carbons (Fsp3) is 0.130. The van der Waals surface area contributed by atoms with E-state index in [-0.39, 0.29) is 23.5 Å². The molecule has 29 heavy (non-hydrogen) atoms. The molecule has 1 atom stereocenters. The average molecular weight is 389 g/mol. The third kappa shape index (κ3) is 3.82. The number of aromatic nitrogens is 2. The first-order chi connectivity index (χ1) is 14.0. The van der Waals surface area contributed by atoms with Crippen molar-refractivity contribution in [3.05, 3.63) is 95.8 Å². The lowest BCUT2D eigenvalue weighted by Gasteiger charge is -2.13. The molecule has 4 aromatic rings. The molecule has 1 N–H and O–H groups in total. The van der Waals surface area contributed by atoms with Gasteiger partial charge in [-0.2, -0.15) is 5.10 Å². The van der Waals surface area contributed by atoms with Crippen molar-refractivity contribution >= 4 is 5.91 Å². The standard InChI is InChI=1S/C23H20FN3O2/c1-15(20-14-25-27(16(20)2)19-6-4-3-5-7-19)26-23(28)22-13-12-21(29-22)17-8-10-18(24)11-9-17/h3-15H,1-2H3,(H,26,28). The Labute approximate surface area is 167 Å². The van der Waals surface area contributed by atoms with Crippen LogP contribution in [0.3, 0.4) is 0 Å². The summed E-state index contributed by atoms with van der Waals surface area (Å²) in [5.41, 5.74) is 3.55. The molecule has 0 saturated carbocycles. The van der Waals surface area contributed by atoms with Crippen LogP contribution in [0.1, 0.15) is 34.8 Å². The van der Waals surface area contributed by atoms with Crippen molar-refractivity contribution in [1.82, 2.24) is 15.1 Å². The van der Waals surface area contributed by atoms with Gasteiger partial charge in [-0.15, -0.1) is 0 Å². The third-order valence-electron chi connectivity index (χ3n) is 4.82. The summed E-state index contributed by atoms with van der Waals surface area (Å²) in [4.78, 5) is 12.6. The number of carbonyl (C=O) groups excluding carboxylic acids is 1. The number of halogens is 1. The van der Waals surface area contributed by atoms with Crippen LogP contribution in [-0.2, 0) is 0 Å². The zero-order chi connectivity index (χ0) is 20.4. The molecule has 5 nitrogen and oxygen atoms in total. The number of carbonyl (C=O) groups is 1. The number of nitrogens with zero attached hydrogens (tertiary/aromatic N) is 2. The van der Waals surface area contributed by atoms with Crippen LogP contribution in [0.5, 0.6) is 0 Å². The molecular weight excluding hydrogens is 369 g/mol. The van der Waals surface area contributed by atoms with Crippen molar-refractivity contribution in [2.75, 3.05) is 0 Å². The van der Waals surface area contributed by atoms with Crippen LogP contribution in [0.15, 0.2) is 77.3 Å². The summed E-state index contributed by atoms with van der Waals surface area (Å²) in [7, 11) is 0. The molecule has 0 fully saturated rings. The number of benzene rings is 2. The number of amides is 1. The lowest BCUT2D eigenvalue weighted by molar-refractivity contribution is 0.0912. The molecule has 0 radical (unpaired) electrons. The third-order valence-corrected chi connectivity index (χ3v) is 4.82. The van der Waals surface area contributed by atoms with Gasteiger partial charge in [0.15, 0.2) is 5.76 Å². The minimum absolute atomic E-state index is 0.198. The lowest BCUT2D eigenvalue weighted by Crippen LogP contribution is -2.26. The van der Waals surface area contributed by atoms with Crippen LogP contribution in [0, 0.1) is 12.7 Å². The smallest absolute Gasteiger partial charge is 0.287 e. The van der Waals surface area contributed by atoms with Crippen molar-refractivity contribution in [2.45, 2.75) is 19.9 Å². The van der Waals surface area contributed by atoms with Gasteiger partial charge in [0, 0.05) is 16.8 Å². The van der Waals surface area contributed by atoms with Gasteiger partial charge < -0.3 is 9.73 Å². The molecule has 0 bridgehead atoms. The topological polar surface area (TPSA) is 60.1 Å². The fourth-order valence-corrected chi connectivity index (χ4v) is 3.25. The van der Waals surface area contributed by atoms with E-state index < -0.39 is 0 Å². The molecule has 2 heterocycles. The molecule has 2 aromatic carbocycles. The van der Waals surface area contributed by atoms with Crippen molar-refractivity contribution in [2.24, 2.45) is 0 Å². The highest BCUT2D eigenvalue weighted by Crippen LogP contribution is 2.24. The Balaban J connectivity index is 1.49. The Kier molecular flexibility index (Phi) is 4.99. The summed E-state index contributed by atoms with van der Waals surface area (Å²) in [6, 6.07) is 18.8. The van der Waals surface area contributed by atoms with Gasteiger partial charge in [0.05, 0.1) is 17.9 Å². The predicted molar refractivity (Wildman–Crippen MR) is 108 cm³/mol. The normalized spacial score (nSPS) is 12.0. The average Bonchev–Trinajstić information content (AvgIpc) is 3.36. The second kappa shape index (κ2) is 7.75. The molecule has 0 aliphatic rings. The summed E-state index contributed by atoms with van der Waals surface area (Å²) >= 11 is 0. The SMILES string of the molecule is Cc1c(C(C)NC(=O)c2ccc(-c3ccc(F)cc3)o2)cnn1-c1ccccc1. The van der Waals surface area contributed by atoms with Gasteiger partial charge in [0.25, 0.3) is 5.91 Å². The van der Waals surface area contributed by atoms with E-state index in [1.165, 1.54) is 12.1 Å². The second-order valence-electron chi connectivity index (χ2n) is 6.80. The highest BCUT2D eigenvalue weighted by molar-refractivity contribution is 5.92. The number of hydrogen-bond donors (Lipinski definition) is 1. The molecule has 6 heteroatoms. The summed E-state index contributed by atoms with van der Waals surface area (Å²) < 4.78 is 20.6. The summed E-state index contributed by atoms with van der Waals surface area (Å²) in [5.74, 6) is 0.0661. The van der Waals surface area contributed by atoms with Crippen LogP contribution in [0.2, 0.25) is 0 Å². The van der Waals surface area contributed by atoms with Gasteiger partial charge in [0.2, 0.25) is 0 Å². The summed E-state index contributed by atoms with van der Waals surface area (Å²) in [6.45, 7) is 3.87. The van der Waals surface area contributed by atoms with E-state index in [1.54, 1.807) is 30.5 Å². The molecule has 0 aliphatic heterocycles. The number of para-hydroxylation sites is 1. The summed E-state index contributed by atoms with van der Waals surface area (Å²) in [5, 5.41) is 7.40. The Morgan fingerprint density at radius 3 is 2.52 bits per heavy atom. The monoisotopic (exact) mass is 389 g/mol. The molecule has 1 amide bonds. The Bertz CT molecular complexity index is 1130. The van der Waals surface area contributed by atoms with Crippen molar-refractivity contribution in [3.8, 4) is 17.0 Å². The molecule has 0 saturated heterocycles. The first-order valence-electron chi connectivity index (χ1n) is 9.29. The van der Waals surface area contributed by atoms with E-state index in [4.69, 9.17) is 4.42 Å². The van der Waals surface area contributed by atoms with Gasteiger partial charge in [-0.05, 0) is 62.4 Å². The van der Waals surface area contributed by atoms with Crippen LogP contribution in [0.25, 0.3) is 17.0 Å². The maximum Gasteiger partial charge on any atom is 0.287 e. The minimum atomic E-state index is -0.322. The van der Waals surface area contributed by atoms with Crippen molar-refractivity contribution in [3.63, 3.8) is 0 Å². The van der Waals surface area contributed by atoms with Crippen molar-refractivity contribution < 1.29 is 13.6 Å². The molecule has 0 aliphatic carbocycles. The van der Waals surface area contributed by atoms with Crippen LogP contribution >= 0.6 is 0 Å². The van der Waals surface area contributed by atoms with Gasteiger partial charge in [-0.3, -0.25) is 4.79 Å². The van der Waals surface area contributed by atoms with Gasteiger partial charge in [0.1, 0.15) is 11.6 Å². The molecule has 1 unspecified atom stereocenters. The van der Waals surface area contributed by atoms with Gasteiger partial charge in [-0.1, -0.05) is 18.2 Å². The maximum absolute atomic E-state index is 13.1. The molecule has 2 aromatic heterocycles. The maximum atomic E-state index is 13.1. The number of furan rings is 1. The van der Waals surface area contributed by atoms with E-state index in [0.29, 0.717) is 11.3 Å². The zero-order valence-electron chi connectivity index (χ0n) is 16.1. The van der Waals surface area contributed by atoms with Gasteiger partial charge in [-0.25, -0.2) is 9.07 Å². The Morgan fingerprint density at radius 1 is 1.07 bits per heavy atom. The van der Waals surface area contributed by atoms with E-state index >= 15 is 0 Å². The predicted octanol–water partition coefficient (Wildman–Crippen LogP) is 5.07. The van der Waals surface area contributed by atoms with Crippen LogP contribution in [-0.4, -0.2) is 15.7 Å². The Morgan fingerprint density at radius 2 is 1.79 bits per heavy atom. The highest BCUT2D eigenvalue weighted by Gasteiger charge is 2.19. The van der Waals surface area contributed by atoms with Crippen molar-refractivity contribution in [1.29, 1.82) is 0 Å². The van der Waals surface area contributed by atoms with Crippen LogP contribution < -0.4 is 5.32 Å². The number of rotatable bonds is 5. The zero-order valence-corrected chi connectivity index (χ0v) is 16.1.